The van der Waals surface area contributed by atoms with Crippen LogP contribution in [0.25, 0.3) is 0 Å². The molecule has 0 aliphatic carbocycles. The Morgan fingerprint density at radius 3 is 2.43 bits per heavy atom. The summed E-state index contributed by atoms with van der Waals surface area (Å²) in [7, 11) is -17.6. The zero-order valence-corrected chi connectivity index (χ0v) is 16.1. The van der Waals surface area contributed by atoms with Gasteiger partial charge in [0, 0.05) is 18.7 Å². The van der Waals surface area contributed by atoms with Gasteiger partial charge in [0.1, 0.15) is 12.3 Å². The van der Waals surface area contributed by atoms with E-state index in [0.29, 0.717) is 0 Å². The predicted octanol–water partition coefficient (Wildman–Crippen LogP) is -3.37. The van der Waals surface area contributed by atoms with Gasteiger partial charge in [0.2, 0.25) is 0 Å². The summed E-state index contributed by atoms with van der Waals surface area (Å²) < 4.78 is 49.7. The van der Waals surface area contributed by atoms with E-state index >= 15 is 0 Å². The number of H-pyrrole nitrogens is 1. The van der Waals surface area contributed by atoms with Crippen molar-refractivity contribution in [3.8, 4) is 0 Å². The minimum atomic E-state index is -6.04. The normalized spacial score (nSPS) is 29.0. The third-order valence-electron chi connectivity index (χ3n) is 3.17. The van der Waals surface area contributed by atoms with Crippen LogP contribution in [0.15, 0.2) is 21.9 Å². The van der Waals surface area contributed by atoms with Crippen LogP contribution in [0.3, 0.4) is 0 Å². The van der Waals surface area contributed by atoms with Crippen LogP contribution in [0, 0.1) is 0 Å². The molecule has 0 radical (unpaired) electrons. The van der Waals surface area contributed by atoms with Gasteiger partial charge in [-0.3, -0.25) is 28.0 Å². The number of aliphatic hydroxyl groups is 1. The van der Waals surface area contributed by atoms with Gasteiger partial charge < -0.3 is 33.9 Å². The molecule has 0 spiro atoms. The van der Waals surface area contributed by atoms with E-state index in [9.17, 15) is 43.1 Å². The molecule has 16 nitrogen and oxygen atoms in total. The Hall–Kier alpha value is -0.990. The monoisotopic (exact) mass is 465 g/mol. The van der Waals surface area contributed by atoms with Gasteiger partial charge in [0.15, 0.2) is 0 Å². The standard InChI is InChI=1S/C9H15N2O14P3/c12-5-3-8(11-2-1-7(13)10-9(11)14)23-6(5)4-22-27(18,19)25-28(20,21)24-26(15,16)17/h1-2,5-6,8,12H,3-4H2,(H,18,19)(H,20,21)(H,10,13,14)(H2,15,16,17)/p-3/t5-,6+,8+/m0/s1. The molecule has 2 heterocycles. The molecule has 0 aromatic carbocycles. The van der Waals surface area contributed by atoms with Crippen molar-refractivity contribution in [2.24, 2.45) is 0 Å². The highest BCUT2D eigenvalue weighted by Crippen LogP contribution is 2.61. The molecule has 6 atom stereocenters. The first-order valence-electron chi connectivity index (χ1n) is 7.05. The van der Waals surface area contributed by atoms with Crippen molar-refractivity contribution < 1.29 is 56.3 Å². The molecule has 0 amide bonds. The summed E-state index contributed by atoms with van der Waals surface area (Å²) in [5.41, 5.74) is -1.54. The van der Waals surface area contributed by atoms with Crippen molar-refractivity contribution in [2.45, 2.75) is 24.9 Å². The lowest BCUT2D eigenvalue weighted by atomic mass is 10.2. The number of hydrogen-bond acceptors (Lipinski definition) is 13. The topological polar surface area (TPSA) is 253 Å². The van der Waals surface area contributed by atoms with Gasteiger partial charge >= 0.3 is 5.69 Å². The molecule has 19 heteroatoms. The lowest BCUT2D eigenvalue weighted by Gasteiger charge is -2.33. The number of hydrogen-bond donors (Lipinski definition) is 3. The van der Waals surface area contributed by atoms with Gasteiger partial charge in [0.25, 0.3) is 29.0 Å². The second-order valence-corrected chi connectivity index (χ2v) is 9.56. The fraction of sp³-hybridized carbons (Fsp3) is 0.556. The summed E-state index contributed by atoms with van der Waals surface area (Å²) in [5, 5.41) is 9.87. The van der Waals surface area contributed by atoms with Gasteiger partial charge in [-0.2, -0.15) is 0 Å². The third-order valence-corrected chi connectivity index (χ3v) is 6.86. The molecule has 2 rings (SSSR count). The highest BCUT2D eigenvalue weighted by molar-refractivity contribution is 7.65. The Bertz CT molecular complexity index is 965. The summed E-state index contributed by atoms with van der Waals surface area (Å²) in [6.07, 6.45) is -2.97. The maximum absolute atomic E-state index is 11.7. The van der Waals surface area contributed by atoms with Crippen LogP contribution in [0.4, 0.5) is 0 Å². The maximum Gasteiger partial charge on any atom is 0.330 e. The van der Waals surface area contributed by atoms with Crippen molar-refractivity contribution in [3.63, 3.8) is 0 Å². The van der Waals surface area contributed by atoms with E-state index < -0.39 is 59.8 Å². The molecule has 1 fully saturated rings. The smallest absolute Gasteiger partial charge is 0.330 e. The number of aliphatic hydroxyl groups excluding tert-OH is 1. The van der Waals surface area contributed by atoms with Crippen molar-refractivity contribution >= 4 is 23.5 Å². The number of aromatic amines is 1. The van der Waals surface area contributed by atoms with Crippen LogP contribution < -0.4 is 25.9 Å². The average molecular weight is 465 g/mol. The lowest BCUT2D eigenvalue weighted by molar-refractivity contribution is -0.250. The van der Waals surface area contributed by atoms with Gasteiger partial charge in [-0.05, 0) is 0 Å². The molecule has 1 aliphatic heterocycles. The van der Waals surface area contributed by atoms with Gasteiger partial charge in [0.05, 0.1) is 12.7 Å². The molecule has 0 saturated carbocycles. The van der Waals surface area contributed by atoms with Gasteiger partial charge in [-0.25, -0.2) is 13.4 Å². The molecule has 1 saturated heterocycles. The third kappa shape index (κ3) is 6.81. The Morgan fingerprint density at radius 1 is 1.21 bits per heavy atom. The van der Waals surface area contributed by atoms with E-state index in [1.807, 2.05) is 4.98 Å². The Labute approximate surface area is 154 Å². The molecular weight excluding hydrogens is 453 g/mol. The average Bonchev–Trinajstić information content (AvgIpc) is 2.82. The summed E-state index contributed by atoms with van der Waals surface area (Å²) in [5.74, 6) is 0. The molecule has 1 aromatic rings. The van der Waals surface area contributed by atoms with E-state index in [2.05, 4.69) is 13.1 Å². The highest BCUT2D eigenvalue weighted by atomic mass is 31.3. The fourth-order valence-corrected chi connectivity index (χ4v) is 5.04. The highest BCUT2D eigenvalue weighted by Gasteiger charge is 2.37. The number of rotatable bonds is 8. The second-order valence-electron chi connectivity index (χ2n) is 5.27. The van der Waals surface area contributed by atoms with Gasteiger partial charge in [-0.1, -0.05) is 0 Å². The van der Waals surface area contributed by atoms with E-state index in [1.165, 1.54) is 0 Å². The van der Waals surface area contributed by atoms with E-state index in [0.717, 1.165) is 16.8 Å². The van der Waals surface area contributed by atoms with E-state index in [1.54, 1.807) is 0 Å². The number of nitrogens with one attached hydrogen (secondary N) is 1. The van der Waals surface area contributed by atoms with Crippen LogP contribution in [-0.2, 0) is 31.6 Å². The van der Waals surface area contributed by atoms with Crippen LogP contribution in [0.2, 0.25) is 0 Å². The quantitative estimate of drug-likeness (QED) is 0.317. The molecule has 28 heavy (non-hydrogen) atoms. The predicted molar refractivity (Wildman–Crippen MR) is 79.0 cm³/mol. The zero-order chi connectivity index (χ0) is 21.3. The van der Waals surface area contributed by atoms with Crippen molar-refractivity contribution in [2.75, 3.05) is 6.61 Å². The maximum atomic E-state index is 11.7. The van der Waals surface area contributed by atoms with Crippen LogP contribution >= 0.6 is 23.5 Å². The molecule has 3 unspecified atom stereocenters. The first-order valence-corrected chi connectivity index (χ1v) is 11.5. The first kappa shape index (κ1) is 23.3. The number of ether oxygens (including phenoxy) is 1. The number of phosphoric ester groups is 1. The van der Waals surface area contributed by atoms with Crippen molar-refractivity contribution in [1.29, 1.82) is 0 Å². The van der Waals surface area contributed by atoms with E-state index in [-0.39, 0.29) is 6.42 Å². The number of phosphoric acid groups is 3. The minimum absolute atomic E-state index is 0.211. The number of aromatic nitrogens is 2. The largest absolute Gasteiger partial charge is 0.756 e. The lowest BCUT2D eigenvalue weighted by Crippen LogP contribution is -2.32. The Balaban J connectivity index is 1.99. The number of nitrogens with zero attached hydrogens (tertiary/aromatic N) is 1. The van der Waals surface area contributed by atoms with Crippen LogP contribution in [0.1, 0.15) is 12.6 Å². The summed E-state index contributed by atoms with van der Waals surface area (Å²) in [6, 6.07) is 1.00. The fourth-order valence-electron chi connectivity index (χ4n) is 2.14. The first-order chi connectivity index (χ1) is 12.7. The second kappa shape index (κ2) is 8.40. The molecule has 3 N–H and O–H groups in total. The SMILES string of the molecule is O=c1ccn([C@H]2C[C@H](O)[C@@H](COP(=O)([O-])OP(=O)([O-])OP(=O)([O-])O)O2)c(=O)[nH]1. The molecule has 1 aromatic heterocycles. The Kier molecular flexibility index (Phi) is 6.99. The molecule has 1 aliphatic rings. The van der Waals surface area contributed by atoms with Gasteiger partial charge in [-0.15, -0.1) is 0 Å². The minimum Gasteiger partial charge on any atom is -0.756 e. The zero-order valence-electron chi connectivity index (χ0n) is 13.4. The van der Waals surface area contributed by atoms with Crippen molar-refractivity contribution in [1.82, 2.24) is 9.55 Å². The molecular formula is C9H12N2O14P3-3. The van der Waals surface area contributed by atoms with Crippen LogP contribution in [0.5, 0.6) is 0 Å². The summed E-state index contributed by atoms with van der Waals surface area (Å²) >= 11 is 0. The van der Waals surface area contributed by atoms with Crippen molar-refractivity contribution in [3.05, 3.63) is 33.1 Å². The summed E-state index contributed by atoms with van der Waals surface area (Å²) in [4.78, 5) is 65.8. The molecule has 160 valence electrons. The molecule has 0 bridgehead atoms. The Morgan fingerprint density at radius 2 is 1.86 bits per heavy atom. The van der Waals surface area contributed by atoms with Crippen LogP contribution in [-0.4, -0.2) is 38.4 Å². The summed E-state index contributed by atoms with van der Waals surface area (Å²) in [6.45, 7) is -0.981. The van der Waals surface area contributed by atoms with E-state index in [4.69, 9.17) is 9.63 Å².